The fourth-order valence-corrected chi connectivity index (χ4v) is 3.29. The van der Waals surface area contributed by atoms with E-state index in [1.807, 2.05) is 0 Å². The number of ether oxygens (including phenoxy) is 1. The van der Waals surface area contributed by atoms with Crippen LogP contribution in [0.15, 0.2) is 22.7 Å². The fourth-order valence-electron chi connectivity index (χ4n) is 2.88. The molecule has 1 fully saturated rings. The van der Waals surface area contributed by atoms with Gasteiger partial charge in [0.25, 0.3) is 0 Å². The van der Waals surface area contributed by atoms with E-state index in [-0.39, 0.29) is 0 Å². The molecule has 0 radical (unpaired) electrons. The topological polar surface area (TPSA) is 24.5 Å². The average molecular weight is 355 g/mol. The second-order valence-electron chi connectivity index (χ2n) is 5.89. The molecule has 0 spiro atoms. The van der Waals surface area contributed by atoms with Crippen LogP contribution in [0.2, 0.25) is 0 Å². The molecule has 1 aliphatic rings. The summed E-state index contributed by atoms with van der Waals surface area (Å²) in [5, 5.41) is 3.51. The summed E-state index contributed by atoms with van der Waals surface area (Å²) in [6, 6.07) is 6.60. The molecule has 118 valence electrons. The normalized spacial score (nSPS) is 16.1. The van der Waals surface area contributed by atoms with E-state index in [2.05, 4.69) is 58.3 Å². The molecule has 1 N–H and O–H groups in total. The van der Waals surface area contributed by atoms with Gasteiger partial charge in [0.15, 0.2) is 0 Å². The van der Waals surface area contributed by atoms with Crippen molar-refractivity contribution in [3.05, 3.63) is 28.2 Å². The van der Waals surface area contributed by atoms with E-state index >= 15 is 0 Å². The van der Waals surface area contributed by atoms with Crippen molar-refractivity contribution in [2.45, 2.75) is 32.7 Å². The molecule has 1 aromatic carbocycles. The van der Waals surface area contributed by atoms with Gasteiger partial charge in [0, 0.05) is 43.5 Å². The Morgan fingerprint density at radius 2 is 2.10 bits per heavy atom. The van der Waals surface area contributed by atoms with Crippen LogP contribution in [-0.2, 0) is 11.3 Å². The Morgan fingerprint density at radius 1 is 1.33 bits per heavy atom. The summed E-state index contributed by atoms with van der Waals surface area (Å²) in [5.41, 5.74) is 2.71. The zero-order valence-electron chi connectivity index (χ0n) is 13.2. The molecule has 0 amide bonds. The van der Waals surface area contributed by atoms with Crippen molar-refractivity contribution in [1.82, 2.24) is 5.32 Å². The Morgan fingerprint density at radius 3 is 2.81 bits per heavy atom. The molecule has 0 aliphatic carbocycles. The first kappa shape index (κ1) is 16.8. The van der Waals surface area contributed by atoms with Crippen molar-refractivity contribution in [3.63, 3.8) is 0 Å². The number of hydrogen-bond acceptors (Lipinski definition) is 3. The predicted octanol–water partition coefficient (Wildman–Crippen LogP) is 3.81. The Hall–Kier alpha value is -0.580. The fraction of sp³-hybridized carbons (Fsp3) is 0.647. The highest BCUT2D eigenvalue weighted by molar-refractivity contribution is 9.10. The highest BCUT2D eigenvalue weighted by Gasteiger charge is 2.17. The zero-order chi connectivity index (χ0) is 15.1. The van der Waals surface area contributed by atoms with Crippen molar-refractivity contribution in [2.75, 3.05) is 38.3 Å². The predicted molar refractivity (Wildman–Crippen MR) is 93.0 cm³/mol. The number of nitrogens with one attached hydrogen (secondary N) is 1. The highest BCUT2D eigenvalue weighted by Crippen LogP contribution is 2.26. The minimum absolute atomic E-state index is 0.754. The van der Waals surface area contributed by atoms with Crippen LogP contribution >= 0.6 is 15.9 Å². The molecular weight excluding hydrogens is 328 g/mol. The average Bonchev–Trinajstić information content (AvgIpc) is 2.48. The molecule has 0 saturated carbocycles. The number of hydrogen-bond donors (Lipinski definition) is 1. The lowest BCUT2D eigenvalue weighted by Crippen LogP contribution is -2.30. The maximum atomic E-state index is 5.46. The molecular formula is C17H27BrN2O. The van der Waals surface area contributed by atoms with Gasteiger partial charge >= 0.3 is 0 Å². The molecule has 1 aromatic rings. The van der Waals surface area contributed by atoms with Crippen LogP contribution < -0.4 is 10.2 Å². The van der Waals surface area contributed by atoms with E-state index in [0.717, 1.165) is 43.2 Å². The van der Waals surface area contributed by atoms with Crippen LogP contribution in [0.4, 0.5) is 5.69 Å². The second-order valence-corrected chi connectivity index (χ2v) is 6.80. The maximum Gasteiger partial charge on any atom is 0.0469 e. The number of halogens is 1. The molecule has 1 aliphatic heterocycles. The quantitative estimate of drug-likeness (QED) is 0.753. The standard InChI is InChI=1S/C17H27BrN2O/c1-3-8-19-12-15-11-16(18)4-5-17(15)20(2)13-14-6-9-21-10-7-14/h4-5,11,14,19H,3,6-10,12-13H2,1-2H3. The number of nitrogens with zero attached hydrogens (tertiary/aromatic N) is 1. The van der Waals surface area contributed by atoms with Gasteiger partial charge in [-0.25, -0.2) is 0 Å². The van der Waals surface area contributed by atoms with E-state index in [4.69, 9.17) is 4.74 Å². The van der Waals surface area contributed by atoms with Gasteiger partial charge in [0.05, 0.1) is 0 Å². The van der Waals surface area contributed by atoms with Gasteiger partial charge in [-0.3, -0.25) is 0 Å². The first-order chi connectivity index (χ1) is 10.2. The highest BCUT2D eigenvalue weighted by atomic mass is 79.9. The number of anilines is 1. The van der Waals surface area contributed by atoms with Gasteiger partial charge in [-0.05, 0) is 55.5 Å². The lowest BCUT2D eigenvalue weighted by molar-refractivity contribution is 0.0685. The van der Waals surface area contributed by atoms with Crippen LogP contribution in [0.3, 0.4) is 0 Å². The number of rotatable bonds is 7. The smallest absolute Gasteiger partial charge is 0.0469 e. The molecule has 0 bridgehead atoms. The summed E-state index contributed by atoms with van der Waals surface area (Å²) in [6.07, 6.45) is 3.54. The van der Waals surface area contributed by atoms with Gasteiger partial charge < -0.3 is 15.0 Å². The van der Waals surface area contributed by atoms with E-state index in [1.165, 1.54) is 30.5 Å². The monoisotopic (exact) mass is 354 g/mol. The maximum absolute atomic E-state index is 5.46. The third-order valence-electron chi connectivity index (χ3n) is 4.07. The first-order valence-electron chi connectivity index (χ1n) is 7.98. The summed E-state index contributed by atoms with van der Waals surface area (Å²) < 4.78 is 6.61. The van der Waals surface area contributed by atoms with Gasteiger partial charge in [0.2, 0.25) is 0 Å². The van der Waals surface area contributed by atoms with Crippen LogP contribution in [0, 0.1) is 5.92 Å². The zero-order valence-corrected chi connectivity index (χ0v) is 14.8. The Balaban J connectivity index is 2.01. The first-order valence-corrected chi connectivity index (χ1v) is 8.78. The summed E-state index contributed by atoms with van der Waals surface area (Å²) in [5.74, 6) is 0.754. The lowest BCUT2D eigenvalue weighted by atomic mass is 9.99. The van der Waals surface area contributed by atoms with Crippen molar-refractivity contribution < 1.29 is 4.74 Å². The van der Waals surface area contributed by atoms with E-state index in [1.54, 1.807) is 0 Å². The van der Waals surface area contributed by atoms with Gasteiger partial charge in [0.1, 0.15) is 0 Å². The van der Waals surface area contributed by atoms with Crippen LogP contribution in [-0.4, -0.2) is 33.4 Å². The molecule has 21 heavy (non-hydrogen) atoms. The van der Waals surface area contributed by atoms with Crippen molar-refractivity contribution in [3.8, 4) is 0 Å². The second kappa shape index (κ2) is 8.76. The molecule has 1 saturated heterocycles. The summed E-state index contributed by atoms with van der Waals surface area (Å²) >= 11 is 3.59. The van der Waals surface area contributed by atoms with E-state index in [9.17, 15) is 0 Å². The van der Waals surface area contributed by atoms with Crippen LogP contribution in [0.25, 0.3) is 0 Å². The number of benzene rings is 1. The van der Waals surface area contributed by atoms with Crippen molar-refractivity contribution >= 4 is 21.6 Å². The van der Waals surface area contributed by atoms with Gasteiger partial charge in [-0.2, -0.15) is 0 Å². The minimum Gasteiger partial charge on any atom is -0.381 e. The summed E-state index contributed by atoms with van der Waals surface area (Å²) in [4.78, 5) is 2.41. The Kier molecular flexibility index (Phi) is 7.00. The summed E-state index contributed by atoms with van der Waals surface area (Å²) in [7, 11) is 2.21. The van der Waals surface area contributed by atoms with Crippen molar-refractivity contribution in [2.24, 2.45) is 5.92 Å². The van der Waals surface area contributed by atoms with E-state index in [0.29, 0.717) is 0 Å². The molecule has 2 rings (SSSR count). The van der Waals surface area contributed by atoms with Crippen LogP contribution in [0.1, 0.15) is 31.7 Å². The molecule has 0 aromatic heterocycles. The lowest BCUT2D eigenvalue weighted by Gasteiger charge is -2.30. The molecule has 1 heterocycles. The Labute approximate surface area is 137 Å². The third-order valence-corrected chi connectivity index (χ3v) is 4.56. The molecule has 0 atom stereocenters. The SMILES string of the molecule is CCCNCc1cc(Br)ccc1N(C)CC1CCOCC1. The molecule has 0 unspecified atom stereocenters. The summed E-state index contributed by atoms with van der Waals surface area (Å²) in [6.45, 7) is 7.15. The van der Waals surface area contributed by atoms with Crippen molar-refractivity contribution in [1.29, 1.82) is 0 Å². The third kappa shape index (κ3) is 5.28. The molecule has 3 nitrogen and oxygen atoms in total. The van der Waals surface area contributed by atoms with Gasteiger partial charge in [-0.1, -0.05) is 22.9 Å². The largest absolute Gasteiger partial charge is 0.381 e. The van der Waals surface area contributed by atoms with E-state index < -0.39 is 0 Å². The van der Waals surface area contributed by atoms with Gasteiger partial charge in [-0.15, -0.1) is 0 Å². The Bertz CT molecular complexity index is 433. The van der Waals surface area contributed by atoms with Crippen LogP contribution in [0.5, 0.6) is 0 Å². The minimum atomic E-state index is 0.754. The molecule has 4 heteroatoms.